The van der Waals surface area contributed by atoms with Gasteiger partial charge in [0.15, 0.2) is 11.4 Å². The topological polar surface area (TPSA) is 89.6 Å². The van der Waals surface area contributed by atoms with Crippen LogP contribution in [0, 0.1) is 6.92 Å². The summed E-state index contributed by atoms with van der Waals surface area (Å²) in [5.74, 6) is 0.393. The van der Waals surface area contributed by atoms with Gasteiger partial charge >= 0.3 is 6.18 Å². The highest BCUT2D eigenvalue weighted by atomic mass is 35.5. The lowest BCUT2D eigenvalue weighted by atomic mass is 10.1. The van der Waals surface area contributed by atoms with Crippen molar-refractivity contribution >= 4 is 28.7 Å². The Hall–Kier alpha value is -3.27. The lowest BCUT2D eigenvalue weighted by Gasteiger charge is -2.15. The van der Waals surface area contributed by atoms with Gasteiger partial charge in [-0.05, 0) is 32.0 Å². The smallest absolute Gasteiger partial charge is 0.416 e. The third-order valence-corrected chi connectivity index (χ3v) is 4.50. The Balaban J connectivity index is 1.69. The highest BCUT2D eigenvalue weighted by molar-refractivity contribution is 6.34. The lowest BCUT2D eigenvalue weighted by Crippen LogP contribution is -2.12. The average molecular weight is 435 g/mol. The molecule has 0 saturated carbocycles. The molecule has 30 heavy (non-hydrogen) atoms. The Morgan fingerprint density at radius 3 is 2.53 bits per heavy atom. The summed E-state index contributed by atoms with van der Waals surface area (Å²) in [6.45, 7) is 3.57. The summed E-state index contributed by atoms with van der Waals surface area (Å²) in [5.41, 5.74) is 0.822. The van der Waals surface area contributed by atoms with Crippen LogP contribution < -0.4 is 5.32 Å². The fraction of sp³-hybridized carbons (Fsp3) is 0.211. The van der Waals surface area contributed by atoms with Gasteiger partial charge in [0.05, 0.1) is 28.0 Å². The van der Waals surface area contributed by atoms with E-state index in [2.05, 4.69) is 30.2 Å². The van der Waals surface area contributed by atoms with Gasteiger partial charge in [0, 0.05) is 18.6 Å². The van der Waals surface area contributed by atoms with E-state index in [4.69, 9.17) is 16.0 Å². The molecule has 0 fully saturated rings. The van der Waals surface area contributed by atoms with Crippen molar-refractivity contribution < 1.29 is 17.6 Å². The molecule has 4 rings (SSSR count). The molecule has 7 nitrogen and oxygen atoms in total. The largest absolute Gasteiger partial charge is 0.422 e. The molecule has 4 aromatic rings. The number of halogens is 4. The fourth-order valence-corrected chi connectivity index (χ4v) is 3.12. The van der Waals surface area contributed by atoms with Crippen molar-refractivity contribution in [1.29, 1.82) is 0 Å². The normalized spacial score (nSPS) is 12.9. The first-order valence-corrected chi connectivity index (χ1v) is 9.15. The molecule has 0 radical (unpaired) electrons. The second kappa shape index (κ2) is 7.52. The zero-order chi connectivity index (χ0) is 21.5. The second-order valence-corrected chi connectivity index (χ2v) is 6.91. The molecule has 1 N–H and O–H groups in total. The zero-order valence-electron chi connectivity index (χ0n) is 15.7. The fourth-order valence-electron chi connectivity index (χ4n) is 2.86. The molecule has 0 spiro atoms. The number of anilines is 1. The minimum absolute atomic E-state index is 0.00182. The van der Waals surface area contributed by atoms with Gasteiger partial charge in [-0.3, -0.25) is 4.98 Å². The molecule has 1 aromatic carbocycles. The van der Waals surface area contributed by atoms with Crippen LogP contribution in [-0.4, -0.2) is 24.9 Å². The van der Waals surface area contributed by atoms with Crippen LogP contribution in [0.3, 0.4) is 0 Å². The number of fused-ring (bicyclic) bond motifs is 1. The van der Waals surface area contributed by atoms with Gasteiger partial charge in [-0.1, -0.05) is 11.6 Å². The van der Waals surface area contributed by atoms with Crippen LogP contribution in [0.2, 0.25) is 5.02 Å². The molecule has 0 aliphatic heterocycles. The van der Waals surface area contributed by atoms with E-state index < -0.39 is 17.8 Å². The summed E-state index contributed by atoms with van der Waals surface area (Å²) < 4.78 is 44.6. The van der Waals surface area contributed by atoms with Crippen LogP contribution in [0.15, 0.2) is 41.2 Å². The van der Waals surface area contributed by atoms with E-state index in [1.54, 1.807) is 38.5 Å². The molecule has 3 heterocycles. The van der Waals surface area contributed by atoms with E-state index >= 15 is 0 Å². The van der Waals surface area contributed by atoms with Gasteiger partial charge in [0.1, 0.15) is 11.2 Å². The predicted octanol–water partition coefficient (Wildman–Crippen LogP) is 5.23. The number of aromatic nitrogens is 5. The number of rotatable bonds is 4. The monoisotopic (exact) mass is 434 g/mol. The Morgan fingerprint density at radius 1 is 1.10 bits per heavy atom. The van der Waals surface area contributed by atoms with Crippen molar-refractivity contribution in [3.05, 3.63) is 58.8 Å². The highest BCUT2D eigenvalue weighted by Crippen LogP contribution is 2.36. The zero-order valence-corrected chi connectivity index (χ0v) is 16.5. The standard InChI is InChI=1S/C19H14ClF3N6O/c1-9-8-26-15(17-24-4-3-5-25-17)14(27-9)10(2)28-18-29-13-7-11(19(21,22)23)6-12(20)16(13)30-18/h3-8,10H,1-2H3,(H,28,29). The van der Waals surface area contributed by atoms with E-state index in [0.717, 1.165) is 12.1 Å². The van der Waals surface area contributed by atoms with Gasteiger partial charge in [0.2, 0.25) is 0 Å². The van der Waals surface area contributed by atoms with Crippen LogP contribution >= 0.6 is 11.6 Å². The van der Waals surface area contributed by atoms with E-state index in [1.165, 1.54) is 0 Å². The van der Waals surface area contributed by atoms with Crippen molar-refractivity contribution in [2.45, 2.75) is 26.1 Å². The number of oxazole rings is 1. The molecule has 1 atom stereocenters. The van der Waals surface area contributed by atoms with Crippen molar-refractivity contribution in [3.8, 4) is 11.5 Å². The first kappa shape index (κ1) is 20.0. The summed E-state index contributed by atoms with van der Waals surface area (Å²) in [7, 11) is 0. The number of aryl methyl sites for hydroxylation is 1. The SMILES string of the molecule is Cc1cnc(-c2ncccn2)c(C(C)Nc2nc3cc(C(F)(F)F)cc(Cl)c3o2)n1. The third kappa shape index (κ3) is 3.90. The number of nitrogens with one attached hydrogen (secondary N) is 1. The number of hydrogen-bond donors (Lipinski definition) is 1. The molecular weight excluding hydrogens is 421 g/mol. The Bertz CT molecular complexity index is 1210. The first-order chi connectivity index (χ1) is 14.2. The maximum absolute atomic E-state index is 13.0. The number of benzene rings is 1. The van der Waals surface area contributed by atoms with Crippen LogP contribution in [0.5, 0.6) is 0 Å². The quantitative estimate of drug-likeness (QED) is 0.470. The van der Waals surface area contributed by atoms with Crippen molar-refractivity contribution in [1.82, 2.24) is 24.9 Å². The maximum Gasteiger partial charge on any atom is 0.416 e. The molecule has 11 heteroatoms. The van der Waals surface area contributed by atoms with E-state index in [1.807, 2.05) is 0 Å². The van der Waals surface area contributed by atoms with Crippen molar-refractivity contribution in [3.63, 3.8) is 0 Å². The molecule has 1 unspecified atom stereocenters. The van der Waals surface area contributed by atoms with Crippen LogP contribution in [-0.2, 0) is 6.18 Å². The van der Waals surface area contributed by atoms with Gasteiger partial charge < -0.3 is 9.73 Å². The first-order valence-electron chi connectivity index (χ1n) is 8.77. The number of alkyl halides is 3. The van der Waals surface area contributed by atoms with E-state index in [0.29, 0.717) is 22.9 Å². The van der Waals surface area contributed by atoms with Crippen LogP contribution in [0.1, 0.15) is 29.9 Å². The van der Waals surface area contributed by atoms with Gasteiger partial charge in [-0.25, -0.2) is 15.0 Å². The number of hydrogen-bond acceptors (Lipinski definition) is 7. The minimum Gasteiger partial charge on any atom is -0.422 e. The molecule has 3 aromatic heterocycles. The number of nitrogens with zero attached hydrogens (tertiary/aromatic N) is 5. The molecule has 0 aliphatic carbocycles. The lowest BCUT2D eigenvalue weighted by molar-refractivity contribution is -0.137. The van der Waals surface area contributed by atoms with Crippen molar-refractivity contribution in [2.75, 3.05) is 5.32 Å². The summed E-state index contributed by atoms with van der Waals surface area (Å²) in [5, 5.41) is 2.82. The maximum atomic E-state index is 13.0. The Labute approximate surface area is 173 Å². The highest BCUT2D eigenvalue weighted by Gasteiger charge is 2.32. The van der Waals surface area contributed by atoms with Gasteiger partial charge in [-0.2, -0.15) is 18.2 Å². The van der Waals surface area contributed by atoms with E-state index in [9.17, 15) is 13.2 Å². The second-order valence-electron chi connectivity index (χ2n) is 6.51. The van der Waals surface area contributed by atoms with Crippen LogP contribution in [0.25, 0.3) is 22.6 Å². The Kier molecular flexibility index (Phi) is 5.02. The molecular formula is C19H14ClF3N6O. The summed E-state index contributed by atoms with van der Waals surface area (Å²) in [6, 6.07) is 2.91. The van der Waals surface area contributed by atoms with Crippen LogP contribution in [0.4, 0.5) is 19.2 Å². The Morgan fingerprint density at radius 2 is 1.83 bits per heavy atom. The molecule has 0 saturated heterocycles. The van der Waals surface area contributed by atoms with E-state index in [-0.39, 0.29) is 22.1 Å². The predicted molar refractivity (Wildman–Crippen MR) is 104 cm³/mol. The summed E-state index contributed by atoms with van der Waals surface area (Å²) >= 11 is 5.96. The molecule has 0 amide bonds. The third-order valence-electron chi connectivity index (χ3n) is 4.22. The molecule has 0 bridgehead atoms. The van der Waals surface area contributed by atoms with Gasteiger partial charge in [0.25, 0.3) is 6.01 Å². The average Bonchev–Trinajstić information content (AvgIpc) is 3.11. The minimum atomic E-state index is -4.54. The van der Waals surface area contributed by atoms with Crippen molar-refractivity contribution in [2.24, 2.45) is 0 Å². The molecule has 0 aliphatic rings. The summed E-state index contributed by atoms with van der Waals surface area (Å²) in [4.78, 5) is 21.4. The summed E-state index contributed by atoms with van der Waals surface area (Å²) in [6.07, 6.45) is 0.235. The molecule has 154 valence electrons. The van der Waals surface area contributed by atoms with Gasteiger partial charge in [-0.15, -0.1) is 0 Å².